The molecule has 0 fully saturated rings. The van der Waals surface area contributed by atoms with Crippen LogP contribution in [0.3, 0.4) is 0 Å². The van der Waals surface area contributed by atoms with Crippen molar-refractivity contribution in [3.05, 3.63) is 83.6 Å². The van der Waals surface area contributed by atoms with Gasteiger partial charge >= 0.3 is 0 Å². The molecule has 1 aliphatic heterocycles. The van der Waals surface area contributed by atoms with E-state index in [-0.39, 0.29) is 17.9 Å². The second kappa shape index (κ2) is 8.98. The number of carbonyl (C=O) groups is 3. The smallest absolute Gasteiger partial charge is 0.266 e. The average molecular weight is 470 g/mol. The minimum atomic E-state index is -1.01. The normalized spacial score (nSPS) is 14.6. The molecule has 0 aliphatic carbocycles. The number of nitrogens with one attached hydrogen (secondary N) is 2. The lowest BCUT2D eigenvalue weighted by atomic mass is 10.1. The molecule has 0 saturated carbocycles. The predicted molar refractivity (Wildman–Crippen MR) is 130 cm³/mol. The number of furan rings is 1. The van der Waals surface area contributed by atoms with E-state index < -0.39 is 23.7 Å². The van der Waals surface area contributed by atoms with Crippen LogP contribution in [-0.2, 0) is 9.59 Å². The molecule has 8 nitrogen and oxygen atoms in total. The summed E-state index contributed by atoms with van der Waals surface area (Å²) in [6.45, 7) is 1.91. The van der Waals surface area contributed by atoms with E-state index in [1.54, 1.807) is 67.8 Å². The molecule has 2 N–H and O–H groups in total. The van der Waals surface area contributed by atoms with Gasteiger partial charge in [0.1, 0.15) is 17.1 Å². The lowest BCUT2D eigenvalue weighted by Gasteiger charge is -2.25. The Hall–Kier alpha value is -4.59. The number of ether oxygens (including phenoxy) is 2. The number of benzene rings is 3. The highest BCUT2D eigenvalue weighted by atomic mass is 16.5. The van der Waals surface area contributed by atoms with Gasteiger partial charge in [0.05, 0.1) is 24.9 Å². The highest BCUT2D eigenvalue weighted by molar-refractivity contribution is 6.17. The standard InChI is InChI=1S/C27H22N2O6/c1-15-7-12-21-19(13-15)28-27(32)22(34-21)14-23(30)29-24-18-5-3-4-6-20(18)35-26(24)25(31)16-8-10-17(33-2)11-9-16/h3-13,22H,14H2,1-2H3,(H,28,32)(H,29,30). The van der Waals surface area contributed by atoms with Crippen LogP contribution in [0.15, 0.2) is 71.1 Å². The molecule has 1 aromatic heterocycles. The monoisotopic (exact) mass is 470 g/mol. The van der Waals surface area contributed by atoms with Gasteiger partial charge in [-0.2, -0.15) is 0 Å². The molecule has 2 heterocycles. The Morgan fingerprint density at radius 1 is 1.06 bits per heavy atom. The Kier molecular flexibility index (Phi) is 5.70. The van der Waals surface area contributed by atoms with Crippen molar-refractivity contribution in [2.75, 3.05) is 17.7 Å². The summed E-state index contributed by atoms with van der Waals surface area (Å²) >= 11 is 0. The second-order valence-corrected chi connectivity index (χ2v) is 8.21. The van der Waals surface area contributed by atoms with E-state index in [9.17, 15) is 14.4 Å². The Balaban J connectivity index is 1.40. The van der Waals surface area contributed by atoms with Crippen molar-refractivity contribution < 1.29 is 28.3 Å². The maximum absolute atomic E-state index is 13.3. The number of amides is 2. The zero-order valence-electron chi connectivity index (χ0n) is 19.1. The highest BCUT2D eigenvalue weighted by Crippen LogP contribution is 2.34. The van der Waals surface area contributed by atoms with Gasteiger partial charge in [-0.1, -0.05) is 18.2 Å². The summed E-state index contributed by atoms with van der Waals surface area (Å²) < 4.78 is 16.8. The Morgan fingerprint density at radius 3 is 2.60 bits per heavy atom. The van der Waals surface area contributed by atoms with Crippen molar-refractivity contribution in [1.29, 1.82) is 0 Å². The van der Waals surface area contributed by atoms with Crippen LogP contribution >= 0.6 is 0 Å². The summed E-state index contributed by atoms with van der Waals surface area (Å²) in [5.41, 5.74) is 2.63. The third-order valence-electron chi connectivity index (χ3n) is 5.74. The summed E-state index contributed by atoms with van der Waals surface area (Å²) in [6.07, 6.45) is -1.25. The molecule has 8 heteroatoms. The van der Waals surface area contributed by atoms with Crippen LogP contribution in [-0.4, -0.2) is 30.8 Å². The van der Waals surface area contributed by atoms with E-state index in [0.717, 1.165) is 5.56 Å². The van der Waals surface area contributed by atoms with Gasteiger partial charge < -0.3 is 24.5 Å². The van der Waals surface area contributed by atoms with Crippen LogP contribution < -0.4 is 20.1 Å². The van der Waals surface area contributed by atoms with Crippen LogP contribution in [0.5, 0.6) is 11.5 Å². The molecule has 1 atom stereocenters. The van der Waals surface area contributed by atoms with Crippen molar-refractivity contribution in [2.45, 2.75) is 19.4 Å². The number of carbonyl (C=O) groups excluding carboxylic acids is 3. The van der Waals surface area contributed by atoms with E-state index in [1.165, 1.54) is 0 Å². The maximum Gasteiger partial charge on any atom is 0.266 e. The molecular weight excluding hydrogens is 448 g/mol. The van der Waals surface area contributed by atoms with Gasteiger partial charge in [0.2, 0.25) is 11.7 Å². The van der Waals surface area contributed by atoms with Crippen molar-refractivity contribution in [3.8, 4) is 11.5 Å². The lowest BCUT2D eigenvalue weighted by Crippen LogP contribution is -2.39. The number of hydrogen-bond acceptors (Lipinski definition) is 6. The molecule has 0 saturated heterocycles. The topological polar surface area (TPSA) is 107 Å². The van der Waals surface area contributed by atoms with E-state index in [1.807, 2.05) is 13.0 Å². The molecular formula is C27H22N2O6. The number of methoxy groups -OCH3 is 1. The van der Waals surface area contributed by atoms with Crippen LogP contribution in [0.25, 0.3) is 11.0 Å². The zero-order chi connectivity index (χ0) is 24.5. The number of fused-ring (bicyclic) bond motifs is 2. The molecule has 0 bridgehead atoms. The third-order valence-corrected chi connectivity index (χ3v) is 5.74. The highest BCUT2D eigenvalue weighted by Gasteiger charge is 2.31. The molecule has 0 radical (unpaired) electrons. The summed E-state index contributed by atoms with van der Waals surface area (Å²) in [7, 11) is 1.54. The first-order valence-corrected chi connectivity index (χ1v) is 11.0. The molecule has 1 unspecified atom stereocenters. The first-order valence-electron chi connectivity index (χ1n) is 11.0. The summed E-state index contributed by atoms with van der Waals surface area (Å²) in [4.78, 5) is 38.8. The van der Waals surface area contributed by atoms with Crippen LogP contribution in [0.1, 0.15) is 28.1 Å². The molecule has 35 heavy (non-hydrogen) atoms. The van der Waals surface area contributed by atoms with E-state index >= 15 is 0 Å². The van der Waals surface area contributed by atoms with Gasteiger partial charge in [-0.05, 0) is 61.0 Å². The van der Waals surface area contributed by atoms with Gasteiger partial charge in [0, 0.05) is 10.9 Å². The number of rotatable bonds is 6. The Morgan fingerprint density at radius 2 is 1.83 bits per heavy atom. The van der Waals surface area contributed by atoms with Gasteiger partial charge in [-0.15, -0.1) is 0 Å². The van der Waals surface area contributed by atoms with Crippen LogP contribution in [0.2, 0.25) is 0 Å². The number of ketones is 1. The molecule has 176 valence electrons. The van der Waals surface area contributed by atoms with Gasteiger partial charge in [0.15, 0.2) is 11.9 Å². The average Bonchev–Trinajstić information content (AvgIpc) is 3.22. The first-order chi connectivity index (χ1) is 16.9. The van der Waals surface area contributed by atoms with Crippen molar-refractivity contribution >= 4 is 39.9 Å². The Bertz CT molecular complexity index is 1450. The number of anilines is 2. The lowest BCUT2D eigenvalue weighted by molar-refractivity contribution is -0.128. The summed E-state index contributed by atoms with van der Waals surface area (Å²) in [6, 6.07) is 19.0. The predicted octanol–water partition coefficient (Wildman–Crippen LogP) is 4.71. The van der Waals surface area contributed by atoms with Crippen molar-refractivity contribution in [2.24, 2.45) is 0 Å². The molecule has 2 amide bonds. The summed E-state index contributed by atoms with van der Waals surface area (Å²) in [5, 5.41) is 6.12. The van der Waals surface area contributed by atoms with Gasteiger partial charge in [-0.3, -0.25) is 14.4 Å². The summed E-state index contributed by atoms with van der Waals surface area (Å²) in [5.74, 6) is -0.185. The molecule has 5 rings (SSSR count). The Labute approximate surface area is 200 Å². The van der Waals surface area contributed by atoms with Gasteiger partial charge in [-0.25, -0.2) is 0 Å². The number of para-hydroxylation sites is 1. The zero-order valence-corrected chi connectivity index (χ0v) is 19.1. The van der Waals surface area contributed by atoms with E-state index in [4.69, 9.17) is 13.9 Å². The fraction of sp³-hybridized carbons (Fsp3) is 0.148. The SMILES string of the molecule is COc1ccc(C(=O)c2oc3ccccc3c2NC(=O)CC2Oc3ccc(C)cc3NC2=O)cc1. The molecule has 3 aromatic carbocycles. The quantitative estimate of drug-likeness (QED) is 0.395. The van der Waals surface area contributed by atoms with Crippen molar-refractivity contribution in [1.82, 2.24) is 0 Å². The minimum Gasteiger partial charge on any atom is -0.497 e. The first kappa shape index (κ1) is 22.2. The van der Waals surface area contributed by atoms with Gasteiger partial charge in [0.25, 0.3) is 5.91 Å². The third kappa shape index (κ3) is 4.33. The molecule has 1 aliphatic rings. The van der Waals surface area contributed by atoms with Crippen molar-refractivity contribution in [3.63, 3.8) is 0 Å². The largest absolute Gasteiger partial charge is 0.497 e. The minimum absolute atomic E-state index is 0.000415. The number of aryl methyl sites for hydroxylation is 1. The van der Waals surface area contributed by atoms with E-state index in [0.29, 0.717) is 33.7 Å². The van der Waals surface area contributed by atoms with Crippen LogP contribution in [0.4, 0.5) is 11.4 Å². The fourth-order valence-electron chi connectivity index (χ4n) is 3.96. The maximum atomic E-state index is 13.3. The van der Waals surface area contributed by atoms with E-state index in [2.05, 4.69) is 10.6 Å². The fourth-order valence-corrected chi connectivity index (χ4v) is 3.96. The van der Waals surface area contributed by atoms with Crippen LogP contribution in [0, 0.1) is 6.92 Å². The molecule has 0 spiro atoms. The number of hydrogen-bond donors (Lipinski definition) is 2. The molecule has 4 aromatic rings. The second-order valence-electron chi connectivity index (χ2n) is 8.21.